The third-order valence-corrected chi connectivity index (χ3v) is 7.31. The number of ketones is 1. The van der Waals surface area contributed by atoms with Crippen molar-refractivity contribution in [3.05, 3.63) is 36.5 Å². The minimum atomic E-state index is -1.71. The lowest BCUT2D eigenvalue weighted by Crippen LogP contribution is -2.47. The normalized spacial score (nSPS) is 12.4. The van der Waals surface area contributed by atoms with Crippen LogP contribution in [0.5, 0.6) is 0 Å². The number of unbranched alkanes of at least 4 members (excludes halogenated alkanes) is 11. The molecule has 0 bridgehead atoms. The summed E-state index contributed by atoms with van der Waals surface area (Å²) in [7, 11) is 0. The van der Waals surface area contributed by atoms with Gasteiger partial charge in [0, 0.05) is 12.8 Å². The van der Waals surface area contributed by atoms with E-state index in [1.807, 2.05) is 6.92 Å². The molecule has 0 aromatic heterocycles. The molecule has 43 heavy (non-hydrogen) atoms. The molecule has 5 nitrogen and oxygen atoms in total. The quantitative estimate of drug-likeness (QED) is 0.0361. The van der Waals surface area contributed by atoms with Gasteiger partial charge in [0.05, 0.1) is 0 Å². The van der Waals surface area contributed by atoms with Crippen LogP contribution in [0.15, 0.2) is 36.5 Å². The van der Waals surface area contributed by atoms with Crippen LogP contribution in [-0.4, -0.2) is 28.9 Å². The second-order valence-electron chi connectivity index (χ2n) is 14.3. The van der Waals surface area contributed by atoms with Crippen molar-refractivity contribution in [3.8, 4) is 0 Å². The number of rotatable bonds is 24. The van der Waals surface area contributed by atoms with Gasteiger partial charge in [0.15, 0.2) is 11.2 Å². The lowest BCUT2D eigenvalue weighted by atomic mass is 9.74. The molecule has 0 saturated carbocycles. The molecule has 0 spiro atoms. The summed E-state index contributed by atoms with van der Waals surface area (Å²) in [6, 6.07) is 0. The Morgan fingerprint density at radius 1 is 0.581 bits per heavy atom. The average molecular weight is 603 g/mol. The number of Topliss-reactive ketones (excluding diaryl/α,β-unsaturated/α-hetero) is 1. The number of allylic oxidation sites excluding steroid dienone is 4. The first kappa shape index (κ1) is 40.8. The van der Waals surface area contributed by atoms with Gasteiger partial charge >= 0.3 is 11.9 Å². The summed E-state index contributed by atoms with van der Waals surface area (Å²) in [6.07, 6.45) is 21.9. The van der Waals surface area contributed by atoms with Gasteiger partial charge < -0.3 is 9.47 Å². The highest BCUT2D eigenvalue weighted by Gasteiger charge is 2.52. The fourth-order valence-electron chi connectivity index (χ4n) is 5.05. The van der Waals surface area contributed by atoms with E-state index in [1.54, 1.807) is 41.5 Å². The molecule has 0 aliphatic carbocycles. The zero-order chi connectivity index (χ0) is 32.9. The van der Waals surface area contributed by atoms with Gasteiger partial charge in [-0.3, -0.25) is 14.4 Å². The zero-order valence-electron chi connectivity index (χ0n) is 29.3. The molecule has 0 heterocycles. The molecule has 0 rings (SSSR count). The summed E-state index contributed by atoms with van der Waals surface area (Å²) in [5, 5.41) is 0. The van der Waals surface area contributed by atoms with Crippen LogP contribution in [-0.2, 0) is 23.9 Å². The lowest BCUT2D eigenvalue weighted by Gasteiger charge is -2.35. The average Bonchev–Trinajstić information content (AvgIpc) is 2.88. The molecule has 0 fully saturated rings. The lowest BCUT2D eigenvalue weighted by molar-refractivity contribution is -0.185. The maximum Gasteiger partial charge on any atom is 0.324 e. The number of carbonyl (C=O) groups is 3. The van der Waals surface area contributed by atoms with Gasteiger partial charge in [0.2, 0.25) is 0 Å². The fourth-order valence-corrected chi connectivity index (χ4v) is 5.05. The number of ether oxygens (including phenoxy) is 2. The largest absolute Gasteiger partial charge is 0.459 e. The van der Waals surface area contributed by atoms with Gasteiger partial charge in [0.25, 0.3) is 0 Å². The molecule has 0 aliphatic rings. The predicted molar refractivity (Wildman–Crippen MR) is 181 cm³/mol. The van der Waals surface area contributed by atoms with E-state index in [1.165, 1.54) is 51.4 Å². The van der Waals surface area contributed by atoms with Crippen LogP contribution in [0.1, 0.15) is 171 Å². The third-order valence-electron chi connectivity index (χ3n) is 7.31. The van der Waals surface area contributed by atoms with Crippen LogP contribution in [0.4, 0.5) is 0 Å². The van der Waals surface area contributed by atoms with Crippen molar-refractivity contribution in [2.75, 3.05) is 0 Å². The van der Waals surface area contributed by atoms with Crippen molar-refractivity contribution in [1.29, 1.82) is 0 Å². The summed E-state index contributed by atoms with van der Waals surface area (Å²) in [5.74, 6) is -1.50. The fraction of sp³-hybridized carbons (Fsp3) is 0.763. The van der Waals surface area contributed by atoms with E-state index < -0.39 is 28.6 Å². The Balaban J connectivity index is 5.02. The minimum Gasteiger partial charge on any atom is -0.459 e. The third kappa shape index (κ3) is 19.7. The maximum absolute atomic E-state index is 13.7. The first-order valence-electron chi connectivity index (χ1n) is 17.1. The van der Waals surface area contributed by atoms with Gasteiger partial charge in [-0.1, -0.05) is 103 Å². The van der Waals surface area contributed by atoms with Crippen molar-refractivity contribution >= 4 is 17.7 Å². The summed E-state index contributed by atoms with van der Waals surface area (Å²) < 4.78 is 11.5. The predicted octanol–water partition coefficient (Wildman–Crippen LogP) is 11.0. The molecule has 0 unspecified atom stereocenters. The highest BCUT2D eigenvalue weighted by molar-refractivity contribution is 6.03. The van der Waals surface area contributed by atoms with Gasteiger partial charge in [-0.15, -0.1) is 0 Å². The van der Waals surface area contributed by atoms with Gasteiger partial charge in [-0.25, -0.2) is 0 Å². The topological polar surface area (TPSA) is 69.7 Å². The van der Waals surface area contributed by atoms with Crippen molar-refractivity contribution in [2.24, 2.45) is 5.41 Å². The molecular weight excluding hydrogens is 536 g/mol. The van der Waals surface area contributed by atoms with Crippen molar-refractivity contribution in [1.82, 2.24) is 0 Å². The summed E-state index contributed by atoms with van der Waals surface area (Å²) >= 11 is 0. The monoisotopic (exact) mass is 602 g/mol. The van der Waals surface area contributed by atoms with Gasteiger partial charge in [-0.05, 0) is 92.1 Å². The molecule has 0 aromatic carbocycles. The summed E-state index contributed by atoms with van der Waals surface area (Å²) in [6.45, 7) is 23.0. The maximum atomic E-state index is 13.7. The van der Waals surface area contributed by atoms with Crippen molar-refractivity contribution in [2.45, 2.75) is 182 Å². The Kier molecular flexibility index (Phi) is 20.4. The van der Waals surface area contributed by atoms with Crippen LogP contribution in [0.25, 0.3) is 0 Å². The Bertz CT molecular complexity index is 853. The Hall–Kier alpha value is -2.17. The van der Waals surface area contributed by atoms with E-state index in [9.17, 15) is 14.4 Å². The van der Waals surface area contributed by atoms with E-state index in [0.29, 0.717) is 12.8 Å². The number of carbonyl (C=O) groups excluding carboxylic acids is 3. The highest BCUT2D eigenvalue weighted by Crippen LogP contribution is 2.40. The first-order valence-corrected chi connectivity index (χ1v) is 17.1. The molecule has 0 N–H and O–H groups in total. The standard InChI is InChI=1S/C38H66O5/c1-11-13-14-15-16-17-18-19-20-21-22-23-24-25-26-28-33(39)32(4)30-38(29-31(3)27-12-2,34(40)42-36(5,6)7)35(41)43-37(8,9)10/h19-20H,3-4,11-18,21-30H2,1-2,5-10H3/b20-19-. The smallest absolute Gasteiger partial charge is 0.324 e. The van der Waals surface area contributed by atoms with Crippen molar-refractivity contribution < 1.29 is 23.9 Å². The SMILES string of the molecule is C=C(CCC)CC(CC(=C)C(=O)CCCCCCC/C=C\CCCCCCCC)(C(=O)OC(C)(C)C)C(=O)OC(C)(C)C. The molecular formula is C38H66O5. The Morgan fingerprint density at radius 2 is 1.02 bits per heavy atom. The van der Waals surface area contributed by atoms with Crippen LogP contribution < -0.4 is 0 Å². The van der Waals surface area contributed by atoms with E-state index >= 15 is 0 Å². The van der Waals surface area contributed by atoms with Crippen LogP contribution in [0, 0.1) is 5.41 Å². The summed E-state index contributed by atoms with van der Waals surface area (Å²) in [4.78, 5) is 40.5. The second kappa shape index (κ2) is 21.5. The second-order valence-corrected chi connectivity index (χ2v) is 14.3. The Labute approximate surface area is 265 Å². The minimum absolute atomic E-state index is 0.0599. The molecule has 248 valence electrons. The van der Waals surface area contributed by atoms with Gasteiger partial charge in [-0.2, -0.15) is 0 Å². The van der Waals surface area contributed by atoms with Crippen LogP contribution >= 0.6 is 0 Å². The molecule has 0 aromatic rings. The van der Waals surface area contributed by atoms with Crippen LogP contribution in [0.2, 0.25) is 0 Å². The summed E-state index contributed by atoms with van der Waals surface area (Å²) in [5.41, 5.74) is -2.33. The molecule has 0 atom stereocenters. The van der Waals surface area contributed by atoms with E-state index in [2.05, 4.69) is 32.2 Å². The van der Waals surface area contributed by atoms with E-state index in [-0.39, 0.29) is 24.2 Å². The molecule has 0 aliphatic heterocycles. The van der Waals surface area contributed by atoms with E-state index in [4.69, 9.17) is 9.47 Å². The highest BCUT2D eigenvalue weighted by atomic mass is 16.6. The molecule has 5 heteroatoms. The Morgan fingerprint density at radius 3 is 1.47 bits per heavy atom. The number of esters is 2. The van der Waals surface area contributed by atoms with Crippen molar-refractivity contribution in [3.63, 3.8) is 0 Å². The van der Waals surface area contributed by atoms with Crippen LogP contribution in [0.3, 0.4) is 0 Å². The molecule has 0 radical (unpaired) electrons. The van der Waals surface area contributed by atoms with E-state index in [0.717, 1.165) is 44.1 Å². The number of hydrogen-bond donors (Lipinski definition) is 0. The molecule has 0 saturated heterocycles. The van der Waals surface area contributed by atoms with Gasteiger partial charge in [0.1, 0.15) is 11.2 Å². The number of hydrogen-bond acceptors (Lipinski definition) is 5. The zero-order valence-corrected chi connectivity index (χ0v) is 29.3. The molecule has 0 amide bonds. The first-order chi connectivity index (χ1) is 20.1.